The summed E-state index contributed by atoms with van der Waals surface area (Å²) in [6, 6.07) is 5.95. The van der Waals surface area contributed by atoms with Crippen molar-refractivity contribution < 1.29 is 14.3 Å². The minimum absolute atomic E-state index is 0.189. The topological polar surface area (TPSA) is 38.8 Å². The van der Waals surface area contributed by atoms with Gasteiger partial charge in [-0.3, -0.25) is 4.79 Å². The SMILES string of the molecule is COc1cc(OC)cc([C@@]23CCCN(CC[C@H](C(C)(C)C)C2)C3=O)c1. The lowest BCUT2D eigenvalue weighted by Crippen LogP contribution is -2.50. The van der Waals surface area contributed by atoms with Crippen molar-refractivity contribution in [1.29, 1.82) is 0 Å². The summed E-state index contributed by atoms with van der Waals surface area (Å²) in [4.78, 5) is 15.6. The Kier molecular flexibility index (Phi) is 4.74. The fourth-order valence-electron chi connectivity index (χ4n) is 4.53. The predicted octanol–water partition coefficient (Wildman–Crippen LogP) is 4.02. The van der Waals surface area contributed by atoms with Crippen LogP contribution in [0.5, 0.6) is 11.5 Å². The van der Waals surface area contributed by atoms with Crippen molar-refractivity contribution in [3.8, 4) is 11.5 Å². The van der Waals surface area contributed by atoms with Crippen molar-refractivity contribution in [2.24, 2.45) is 11.3 Å². The molecule has 0 saturated carbocycles. The van der Waals surface area contributed by atoms with Crippen LogP contribution in [0.25, 0.3) is 0 Å². The number of nitrogens with zero attached hydrogens (tertiary/aromatic N) is 1. The van der Waals surface area contributed by atoms with E-state index in [4.69, 9.17) is 9.47 Å². The lowest BCUT2D eigenvalue weighted by Gasteiger charge is -2.42. The Morgan fingerprint density at radius 3 is 2.28 bits per heavy atom. The van der Waals surface area contributed by atoms with Gasteiger partial charge in [-0.1, -0.05) is 20.8 Å². The molecule has 0 radical (unpaired) electrons. The van der Waals surface area contributed by atoms with Crippen LogP contribution >= 0.6 is 0 Å². The number of benzene rings is 1. The van der Waals surface area contributed by atoms with Crippen LogP contribution in [0.4, 0.5) is 0 Å². The van der Waals surface area contributed by atoms with E-state index in [1.807, 2.05) is 18.2 Å². The first-order chi connectivity index (χ1) is 11.8. The van der Waals surface area contributed by atoms with E-state index in [-0.39, 0.29) is 5.41 Å². The highest BCUT2D eigenvalue weighted by atomic mass is 16.5. The highest BCUT2D eigenvalue weighted by Gasteiger charge is 2.50. The van der Waals surface area contributed by atoms with Crippen LogP contribution in [-0.4, -0.2) is 38.1 Å². The molecule has 2 saturated heterocycles. The van der Waals surface area contributed by atoms with Crippen LogP contribution in [-0.2, 0) is 10.2 Å². The Bertz CT molecular complexity index is 627. The minimum Gasteiger partial charge on any atom is -0.497 e. The van der Waals surface area contributed by atoms with Crippen molar-refractivity contribution in [1.82, 2.24) is 4.90 Å². The fourth-order valence-corrected chi connectivity index (χ4v) is 4.53. The molecular formula is C21H31NO3. The second-order valence-corrected chi connectivity index (χ2v) is 8.63. The van der Waals surface area contributed by atoms with E-state index in [0.717, 1.165) is 55.8 Å². The number of rotatable bonds is 3. The average molecular weight is 345 g/mol. The summed E-state index contributed by atoms with van der Waals surface area (Å²) in [7, 11) is 3.33. The van der Waals surface area contributed by atoms with Gasteiger partial charge in [-0.25, -0.2) is 0 Å². The molecule has 1 aromatic carbocycles. The van der Waals surface area contributed by atoms with E-state index >= 15 is 0 Å². The molecule has 2 aliphatic heterocycles. The minimum atomic E-state index is -0.450. The lowest BCUT2D eigenvalue weighted by atomic mass is 9.64. The quantitative estimate of drug-likeness (QED) is 0.830. The molecule has 1 aromatic rings. The average Bonchev–Trinajstić information content (AvgIpc) is 2.67. The molecule has 0 aromatic heterocycles. The van der Waals surface area contributed by atoms with Crippen LogP contribution in [0.3, 0.4) is 0 Å². The normalized spacial score (nSPS) is 27.0. The number of methoxy groups -OCH3 is 2. The molecule has 2 bridgehead atoms. The summed E-state index contributed by atoms with van der Waals surface area (Å²) in [5.41, 5.74) is 0.790. The van der Waals surface area contributed by atoms with Gasteiger partial charge in [0.2, 0.25) is 5.91 Å². The maximum absolute atomic E-state index is 13.5. The Morgan fingerprint density at radius 2 is 1.72 bits per heavy atom. The van der Waals surface area contributed by atoms with Gasteiger partial charge in [-0.2, -0.15) is 0 Å². The first-order valence-corrected chi connectivity index (χ1v) is 9.33. The Balaban J connectivity index is 2.12. The molecule has 4 heteroatoms. The van der Waals surface area contributed by atoms with Crippen molar-refractivity contribution >= 4 is 5.91 Å². The summed E-state index contributed by atoms with van der Waals surface area (Å²) in [6.07, 6.45) is 3.95. The highest BCUT2D eigenvalue weighted by molar-refractivity contribution is 5.89. The molecule has 1 amide bonds. The number of carbonyl (C=O) groups is 1. The third-order valence-electron chi connectivity index (χ3n) is 6.20. The molecule has 138 valence electrons. The maximum Gasteiger partial charge on any atom is 0.233 e. The Hall–Kier alpha value is -1.71. The van der Waals surface area contributed by atoms with E-state index in [1.165, 1.54) is 0 Å². The Labute approximate surface area is 151 Å². The molecule has 0 spiro atoms. The van der Waals surface area contributed by atoms with Crippen molar-refractivity contribution in [3.05, 3.63) is 23.8 Å². The summed E-state index contributed by atoms with van der Waals surface area (Å²) < 4.78 is 11.0. The van der Waals surface area contributed by atoms with E-state index in [2.05, 4.69) is 25.7 Å². The maximum atomic E-state index is 13.5. The molecule has 3 rings (SSSR count). The summed E-state index contributed by atoms with van der Waals surface area (Å²) in [5.74, 6) is 2.31. The second kappa shape index (κ2) is 6.54. The van der Waals surface area contributed by atoms with Crippen molar-refractivity contribution in [2.45, 2.75) is 51.9 Å². The monoisotopic (exact) mass is 345 g/mol. The van der Waals surface area contributed by atoms with Gasteiger partial charge in [0.05, 0.1) is 19.6 Å². The Morgan fingerprint density at radius 1 is 1.08 bits per heavy atom. The van der Waals surface area contributed by atoms with Crippen LogP contribution in [0.2, 0.25) is 0 Å². The number of piperidine rings is 1. The van der Waals surface area contributed by atoms with Gasteiger partial charge in [0.15, 0.2) is 0 Å². The first kappa shape index (κ1) is 18.1. The zero-order valence-corrected chi connectivity index (χ0v) is 16.2. The number of amides is 1. The van der Waals surface area contributed by atoms with Crippen molar-refractivity contribution in [3.63, 3.8) is 0 Å². The number of hydrogen-bond acceptors (Lipinski definition) is 3. The second-order valence-electron chi connectivity index (χ2n) is 8.63. The molecule has 2 atom stereocenters. The summed E-state index contributed by atoms with van der Waals surface area (Å²) >= 11 is 0. The van der Waals surface area contributed by atoms with Crippen molar-refractivity contribution in [2.75, 3.05) is 27.3 Å². The third kappa shape index (κ3) is 3.23. The standard InChI is InChI=1S/C21H31NO3/c1-20(2,3)15-7-10-22-9-6-8-21(14-15,19(22)23)16-11-17(24-4)13-18(12-16)25-5/h11-13,15H,6-10,14H2,1-5H3/t15-,21+/m0/s1. The molecular weight excluding hydrogens is 314 g/mol. The van der Waals surface area contributed by atoms with E-state index in [1.54, 1.807) is 14.2 Å². The zero-order chi connectivity index (χ0) is 18.2. The number of ether oxygens (including phenoxy) is 2. The smallest absolute Gasteiger partial charge is 0.233 e. The van der Waals surface area contributed by atoms with Crippen LogP contribution < -0.4 is 9.47 Å². The molecule has 4 nitrogen and oxygen atoms in total. The van der Waals surface area contributed by atoms with Gasteiger partial charge < -0.3 is 14.4 Å². The number of fused-ring (bicyclic) bond motifs is 2. The largest absolute Gasteiger partial charge is 0.497 e. The van der Waals surface area contributed by atoms with Gasteiger partial charge in [0.1, 0.15) is 11.5 Å². The zero-order valence-electron chi connectivity index (χ0n) is 16.2. The van der Waals surface area contributed by atoms with Crippen LogP contribution in [0, 0.1) is 11.3 Å². The summed E-state index contributed by atoms with van der Waals surface area (Å²) in [5, 5.41) is 0. The lowest BCUT2D eigenvalue weighted by molar-refractivity contribution is -0.140. The van der Waals surface area contributed by atoms with Gasteiger partial charge in [0.25, 0.3) is 0 Å². The molecule has 2 aliphatic rings. The van der Waals surface area contributed by atoms with Crippen LogP contribution in [0.1, 0.15) is 52.0 Å². The molecule has 0 unspecified atom stereocenters. The fraction of sp³-hybridized carbons (Fsp3) is 0.667. The van der Waals surface area contributed by atoms with Gasteiger partial charge in [-0.15, -0.1) is 0 Å². The predicted molar refractivity (Wildman–Crippen MR) is 99.2 cm³/mol. The third-order valence-corrected chi connectivity index (χ3v) is 6.20. The van der Waals surface area contributed by atoms with E-state index < -0.39 is 5.41 Å². The molecule has 2 heterocycles. The molecule has 0 N–H and O–H groups in total. The highest BCUT2D eigenvalue weighted by Crippen LogP contribution is 2.49. The summed E-state index contributed by atoms with van der Waals surface area (Å²) in [6.45, 7) is 8.66. The number of hydrogen-bond donors (Lipinski definition) is 0. The van der Waals surface area contributed by atoms with E-state index in [9.17, 15) is 4.79 Å². The van der Waals surface area contributed by atoms with Crippen LogP contribution in [0.15, 0.2) is 18.2 Å². The molecule has 25 heavy (non-hydrogen) atoms. The van der Waals surface area contributed by atoms with Gasteiger partial charge in [0, 0.05) is 19.2 Å². The number of carbonyl (C=O) groups excluding carboxylic acids is 1. The molecule has 2 fully saturated rings. The molecule has 0 aliphatic carbocycles. The van der Waals surface area contributed by atoms with E-state index in [0.29, 0.717) is 11.8 Å². The van der Waals surface area contributed by atoms with Gasteiger partial charge in [-0.05, 0) is 54.7 Å². The first-order valence-electron chi connectivity index (χ1n) is 9.33. The van der Waals surface area contributed by atoms with Gasteiger partial charge >= 0.3 is 0 Å².